The Morgan fingerprint density at radius 1 is 1.15 bits per heavy atom. The highest BCUT2D eigenvalue weighted by molar-refractivity contribution is 6.30. The van der Waals surface area contributed by atoms with Gasteiger partial charge in [0.05, 0.1) is 12.2 Å². The van der Waals surface area contributed by atoms with Crippen molar-refractivity contribution in [3.63, 3.8) is 0 Å². The molecule has 2 aromatic rings. The fraction of sp³-hybridized carbons (Fsp3) is 0.300. The first-order valence-electron chi connectivity index (χ1n) is 8.45. The molecule has 0 saturated carbocycles. The van der Waals surface area contributed by atoms with Crippen LogP contribution in [0.2, 0.25) is 5.02 Å². The summed E-state index contributed by atoms with van der Waals surface area (Å²) in [6.45, 7) is 5.74. The van der Waals surface area contributed by atoms with Crippen molar-refractivity contribution in [2.24, 2.45) is 0 Å². The molecule has 0 saturated heterocycles. The molecule has 1 N–H and O–H groups in total. The normalized spacial score (nSPS) is 11.5. The van der Waals surface area contributed by atoms with Gasteiger partial charge in [-0.3, -0.25) is 4.79 Å². The number of nitrogens with one attached hydrogen (secondary N) is 1. The van der Waals surface area contributed by atoms with Crippen molar-refractivity contribution in [1.29, 1.82) is 0 Å². The Morgan fingerprint density at radius 2 is 1.92 bits per heavy atom. The number of halogens is 1. The van der Waals surface area contributed by atoms with E-state index in [1.165, 1.54) is 0 Å². The molecule has 2 rings (SSSR count). The van der Waals surface area contributed by atoms with Crippen LogP contribution in [0, 0.1) is 6.92 Å². The van der Waals surface area contributed by atoms with E-state index >= 15 is 0 Å². The second kappa shape index (κ2) is 9.25. The summed E-state index contributed by atoms with van der Waals surface area (Å²) in [5.41, 5.74) is 1.77. The Balaban J connectivity index is 2.14. The first kappa shape index (κ1) is 19.8. The predicted molar refractivity (Wildman–Crippen MR) is 102 cm³/mol. The molecule has 6 heteroatoms. The number of aryl methyl sites for hydroxylation is 1. The fourth-order valence-electron chi connectivity index (χ4n) is 2.34. The van der Waals surface area contributed by atoms with Gasteiger partial charge >= 0.3 is 5.97 Å². The quantitative estimate of drug-likeness (QED) is 0.717. The van der Waals surface area contributed by atoms with Gasteiger partial charge in [-0.05, 0) is 56.2 Å². The molecule has 0 radical (unpaired) electrons. The number of esters is 1. The van der Waals surface area contributed by atoms with E-state index in [1.807, 2.05) is 13.8 Å². The molecule has 0 fully saturated rings. The van der Waals surface area contributed by atoms with Crippen LogP contribution in [-0.4, -0.2) is 24.6 Å². The average Bonchev–Trinajstić information content (AvgIpc) is 2.61. The highest BCUT2D eigenvalue weighted by Gasteiger charge is 2.20. The van der Waals surface area contributed by atoms with Crippen molar-refractivity contribution in [3.05, 3.63) is 58.6 Å². The Kier molecular flexibility index (Phi) is 7.04. The molecule has 0 aliphatic carbocycles. The van der Waals surface area contributed by atoms with Crippen molar-refractivity contribution in [2.45, 2.75) is 33.3 Å². The van der Waals surface area contributed by atoms with Crippen LogP contribution < -0.4 is 10.1 Å². The van der Waals surface area contributed by atoms with E-state index in [0.717, 1.165) is 5.56 Å². The zero-order chi connectivity index (χ0) is 19.1. The van der Waals surface area contributed by atoms with Crippen LogP contribution in [0.4, 0.5) is 5.69 Å². The Hall–Kier alpha value is -2.53. The van der Waals surface area contributed by atoms with Crippen LogP contribution in [0.25, 0.3) is 0 Å². The van der Waals surface area contributed by atoms with Crippen molar-refractivity contribution in [2.75, 3.05) is 11.9 Å². The summed E-state index contributed by atoms with van der Waals surface area (Å²) in [4.78, 5) is 24.5. The minimum atomic E-state index is -0.681. The molecular formula is C20H22ClNO4. The SMILES string of the molecule is CCOC(=O)c1ccc(C)c(NC(=O)[C@@H](CC)Oc2cccc(Cl)c2)c1. The van der Waals surface area contributed by atoms with Gasteiger partial charge in [-0.2, -0.15) is 0 Å². The zero-order valence-corrected chi connectivity index (χ0v) is 15.8. The molecule has 0 heterocycles. The highest BCUT2D eigenvalue weighted by atomic mass is 35.5. The highest BCUT2D eigenvalue weighted by Crippen LogP contribution is 2.21. The minimum Gasteiger partial charge on any atom is -0.481 e. The zero-order valence-electron chi connectivity index (χ0n) is 15.0. The van der Waals surface area contributed by atoms with E-state index < -0.39 is 12.1 Å². The second-order valence-electron chi connectivity index (χ2n) is 5.71. The van der Waals surface area contributed by atoms with Gasteiger partial charge in [-0.15, -0.1) is 0 Å². The van der Waals surface area contributed by atoms with Crippen molar-refractivity contribution in [1.82, 2.24) is 0 Å². The van der Waals surface area contributed by atoms with Gasteiger partial charge in [0.25, 0.3) is 5.91 Å². The number of carbonyl (C=O) groups excluding carboxylic acids is 2. The molecule has 26 heavy (non-hydrogen) atoms. The van der Waals surface area contributed by atoms with Crippen molar-refractivity contribution in [3.8, 4) is 5.75 Å². The smallest absolute Gasteiger partial charge is 0.338 e. The van der Waals surface area contributed by atoms with Gasteiger partial charge in [0.2, 0.25) is 0 Å². The van der Waals surface area contributed by atoms with Gasteiger partial charge in [-0.1, -0.05) is 30.7 Å². The first-order valence-corrected chi connectivity index (χ1v) is 8.83. The predicted octanol–water partition coefficient (Wildman–Crippen LogP) is 4.62. The number of hydrogen-bond acceptors (Lipinski definition) is 4. The summed E-state index contributed by atoms with van der Waals surface area (Å²) in [5, 5.41) is 3.37. The summed E-state index contributed by atoms with van der Waals surface area (Å²) >= 11 is 5.95. The third-order valence-corrected chi connectivity index (χ3v) is 3.98. The van der Waals surface area contributed by atoms with E-state index in [4.69, 9.17) is 21.1 Å². The number of benzene rings is 2. The van der Waals surface area contributed by atoms with Crippen LogP contribution in [0.3, 0.4) is 0 Å². The molecule has 2 aromatic carbocycles. The van der Waals surface area contributed by atoms with Gasteiger partial charge in [0.1, 0.15) is 5.75 Å². The Morgan fingerprint density at radius 3 is 2.58 bits per heavy atom. The van der Waals surface area contributed by atoms with Crippen LogP contribution in [-0.2, 0) is 9.53 Å². The molecule has 1 amide bonds. The van der Waals surface area contributed by atoms with Crippen LogP contribution >= 0.6 is 11.6 Å². The van der Waals surface area contributed by atoms with Crippen LogP contribution in [0.1, 0.15) is 36.2 Å². The molecule has 0 aliphatic heterocycles. The van der Waals surface area contributed by atoms with Gasteiger partial charge in [0, 0.05) is 10.7 Å². The number of anilines is 1. The van der Waals surface area contributed by atoms with Gasteiger partial charge in [-0.25, -0.2) is 4.79 Å². The average molecular weight is 376 g/mol. The summed E-state index contributed by atoms with van der Waals surface area (Å²) < 4.78 is 10.7. The number of carbonyl (C=O) groups is 2. The molecule has 5 nitrogen and oxygen atoms in total. The minimum absolute atomic E-state index is 0.291. The lowest BCUT2D eigenvalue weighted by atomic mass is 10.1. The van der Waals surface area contributed by atoms with Crippen molar-refractivity contribution < 1.29 is 19.1 Å². The summed E-state index contributed by atoms with van der Waals surface area (Å²) in [6, 6.07) is 11.9. The monoisotopic (exact) mass is 375 g/mol. The Bertz CT molecular complexity index is 791. The van der Waals surface area contributed by atoms with E-state index in [2.05, 4.69) is 5.32 Å². The third-order valence-electron chi connectivity index (χ3n) is 3.74. The van der Waals surface area contributed by atoms with E-state index in [0.29, 0.717) is 35.1 Å². The van der Waals surface area contributed by atoms with Crippen molar-refractivity contribution >= 4 is 29.2 Å². The molecule has 0 aromatic heterocycles. The number of ether oxygens (including phenoxy) is 2. The number of rotatable bonds is 7. The van der Waals surface area contributed by atoms with Crippen LogP contribution in [0.15, 0.2) is 42.5 Å². The summed E-state index contributed by atoms with van der Waals surface area (Å²) in [7, 11) is 0. The number of hydrogen-bond donors (Lipinski definition) is 1. The van der Waals surface area contributed by atoms with E-state index in [1.54, 1.807) is 49.4 Å². The second-order valence-corrected chi connectivity index (χ2v) is 6.15. The standard InChI is InChI=1S/C20H22ClNO4/c1-4-18(26-16-8-6-7-15(21)12-16)19(23)22-17-11-14(10-9-13(17)3)20(24)25-5-2/h6-12,18H,4-5H2,1-3H3,(H,22,23)/t18-/m1/s1. The van der Waals surface area contributed by atoms with Gasteiger partial charge < -0.3 is 14.8 Å². The topological polar surface area (TPSA) is 64.6 Å². The van der Waals surface area contributed by atoms with E-state index in [9.17, 15) is 9.59 Å². The first-order chi connectivity index (χ1) is 12.4. The van der Waals surface area contributed by atoms with Gasteiger partial charge in [0.15, 0.2) is 6.10 Å². The number of amides is 1. The third kappa shape index (κ3) is 5.23. The van der Waals surface area contributed by atoms with E-state index in [-0.39, 0.29) is 5.91 Å². The summed E-state index contributed by atoms with van der Waals surface area (Å²) in [5.74, 6) is -0.196. The molecule has 0 aliphatic rings. The van der Waals surface area contributed by atoms with Crippen LogP contribution in [0.5, 0.6) is 5.75 Å². The lowest BCUT2D eigenvalue weighted by molar-refractivity contribution is -0.122. The molecule has 0 spiro atoms. The lowest BCUT2D eigenvalue weighted by Crippen LogP contribution is -2.32. The maximum atomic E-state index is 12.6. The molecule has 138 valence electrons. The maximum absolute atomic E-state index is 12.6. The fourth-order valence-corrected chi connectivity index (χ4v) is 2.52. The largest absolute Gasteiger partial charge is 0.481 e. The Labute approximate surface area is 158 Å². The summed E-state index contributed by atoms with van der Waals surface area (Å²) in [6.07, 6.45) is -0.200. The lowest BCUT2D eigenvalue weighted by Gasteiger charge is -2.18. The molecule has 1 atom stereocenters. The maximum Gasteiger partial charge on any atom is 0.338 e. The molecular weight excluding hydrogens is 354 g/mol. The molecule has 0 bridgehead atoms. The molecule has 0 unspecified atom stereocenters.